The van der Waals surface area contributed by atoms with E-state index in [0.29, 0.717) is 18.7 Å². The summed E-state index contributed by atoms with van der Waals surface area (Å²) in [5.41, 5.74) is 0. The molecule has 0 aliphatic carbocycles. The third kappa shape index (κ3) is 2.90. The van der Waals surface area contributed by atoms with Crippen LogP contribution in [0.4, 0.5) is 0 Å². The summed E-state index contributed by atoms with van der Waals surface area (Å²) >= 11 is 0. The number of carbonyl (C=O) groups excluding carboxylic acids is 1. The quantitative estimate of drug-likeness (QED) is 0.771. The second-order valence-corrected chi connectivity index (χ2v) is 4.56. The van der Waals surface area contributed by atoms with E-state index >= 15 is 0 Å². The molecule has 104 valence electrons. The van der Waals surface area contributed by atoms with Gasteiger partial charge in [-0.1, -0.05) is 0 Å². The van der Waals surface area contributed by atoms with Crippen LogP contribution in [0, 0.1) is 0 Å². The van der Waals surface area contributed by atoms with Gasteiger partial charge in [-0.2, -0.15) is 0 Å². The van der Waals surface area contributed by atoms with Crippen molar-refractivity contribution in [2.45, 2.75) is 38.0 Å². The van der Waals surface area contributed by atoms with Crippen molar-refractivity contribution in [2.24, 2.45) is 7.05 Å². The molecule has 0 spiro atoms. The van der Waals surface area contributed by atoms with Crippen LogP contribution in [0.1, 0.15) is 31.6 Å². The lowest BCUT2D eigenvalue weighted by molar-refractivity contribution is -0.151. The lowest BCUT2D eigenvalue weighted by Gasteiger charge is -2.16. The molecular weight excluding hydrogens is 252 g/mol. The number of carboxylic acids is 1. The van der Waals surface area contributed by atoms with Gasteiger partial charge in [0.05, 0.1) is 6.04 Å². The van der Waals surface area contributed by atoms with Crippen molar-refractivity contribution < 1.29 is 19.4 Å². The fourth-order valence-corrected chi connectivity index (χ4v) is 2.07. The van der Waals surface area contributed by atoms with Crippen LogP contribution in [0.3, 0.4) is 0 Å². The number of carboxylic acid groups (broad SMARTS) is 1. The molecule has 1 saturated heterocycles. The Morgan fingerprint density at radius 3 is 2.74 bits per heavy atom. The summed E-state index contributed by atoms with van der Waals surface area (Å²) in [4.78, 5) is 22.7. The fraction of sp³-hybridized carbons (Fsp3) is 0.636. The van der Waals surface area contributed by atoms with Crippen LogP contribution < -0.4 is 5.32 Å². The van der Waals surface area contributed by atoms with Gasteiger partial charge in [-0.15, -0.1) is 10.2 Å². The van der Waals surface area contributed by atoms with E-state index in [1.165, 1.54) is 0 Å². The predicted octanol–water partition coefficient (Wildman–Crippen LogP) is -0.375. The first-order valence-corrected chi connectivity index (χ1v) is 6.01. The molecule has 2 heterocycles. The van der Waals surface area contributed by atoms with Crippen LogP contribution in [0.2, 0.25) is 0 Å². The predicted molar refractivity (Wildman–Crippen MR) is 63.1 cm³/mol. The Morgan fingerprint density at radius 1 is 1.53 bits per heavy atom. The second-order valence-electron chi connectivity index (χ2n) is 4.56. The van der Waals surface area contributed by atoms with E-state index in [0.717, 1.165) is 0 Å². The van der Waals surface area contributed by atoms with Gasteiger partial charge in [0.1, 0.15) is 12.4 Å². The highest BCUT2D eigenvalue weighted by molar-refractivity contribution is 5.82. The lowest BCUT2D eigenvalue weighted by atomic mass is 10.2. The standard InChI is InChI=1S/C11H16N4O4/c1-6(9-14-12-5-15(9)2)13-10(16)7-3-4-8(19-7)11(17)18/h5-8H,3-4H2,1-2H3,(H,13,16)(H,17,18)/t6?,7-,8+/m0/s1. The van der Waals surface area contributed by atoms with Gasteiger partial charge in [0.25, 0.3) is 0 Å². The highest BCUT2D eigenvalue weighted by Gasteiger charge is 2.35. The summed E-state index contributed by atoms with van der Waals surface area (Å²) in [6.07, 6.45) is 0.711. The maximum absolute atomic E-state index is 11.9. The number of nitrogens with one attached hydrogen (secondary N) is 1. The average Bonchev–Trinajstić information content (AvgIpc) is 2.96. The van der Waals surface area contributed by atoms with Gasteiger partial charge in [0.2, 0.25) is 5.91 Å². The summed E-state index contributed by atoms with van der Waals surface area (Å²) < 4.78 is 6.89. The lowest BCUT2D eigenvalue weighted by Crippen LogP contribution is -2.37. The van der Waals surface area contributed by atoms with E-state index in [2.05, 4.69) is 15.5 Å². The molecule has 1 aromatic heterocycles. The molecule has 8 nitrogen and oxygen atoms in total. The van der Waals surface area contributed by atoms with E-state index in [-0.39, 0.29) is 11.9 Å². The maximum Gasteiger partial charge on any atom is 0.332 e. The van der Waals surface area contributed by atoms with Crippen molar-refractivity contribution >= 4 is 11.9 Å². The Bertz CT molecular complexity index is 487. The summed E-state index contributed by atoms with van der Waals surface area (Å²) in [7, 11) is 1.78. The van der Waals surface area contributed by atoms with Crippen LogP contribution in [0.5, 0.6) is 0 Å². The van der Waals surface area contributed by atoms with E-state index in [1.54, 1.807) is 24.9 Å². The van der Waals surface area contributed by atoms with Crippen LogP contribution in [0.25, 0.3) is 0 Å². The van der Waals surface area contributed by atoms with Crippen LogP contribution in [-0.2, 0) is 21.4 Å². The highest BCUT2D eigenvalue weighted by atomic mass is 16.5. The van der Waals surface area contributed by atoms with Gasteiger partial charge in [0, 0.05) is 7.05 Å². The zero-order chi connectivity index (χ0) is 14.0. The van der Waals surface area contributed by atoms with Crippen LogP contribution >= 0.6 is 0 Å². The molecule has 0 aromatic carbocycles. The monoisotopic (exact) mass is 268 g/mol. The molecule has 2 N–H and O–H groups in total. The van der Waals surface area contributed by atoms with Crippen LogP contribution in [-0.4, -0.2) is 44.0 Å². The first-order chi connectivity index (χ1) is 8.99. The molecule has 1 amide bonds. The number of hydrogen-bond acceptors (Lipinski definition) is 5. The number of rotatable bonds is 4. The molecule has 0 radical (unpaired) electrons. The third-order valence-electron chi connectivity index (χ3n) is 3.08. The van der Waals surface area contributed by atoms with Gasteiger partial charge >= 0.3 is 5.97 Å². The molecule has 19 heavy (non-hydrogen) atoms. The Morgan fingerprint density at radius 2 is 2.21 bits per heavy atom. The van der Waals surface area contributed by atoms with E-state index in [4.69, 9.17) is 9.84 Å². The van der Waals surface area contributed by atoms with E-state index in [1.807, 2.05) is 0 Å². The van der Waals surface area contributed by atoms with E-state index < -0.39 is 18.2 Å². The minimum Gasteiger partial charge on any atom is -0.479 e. The van der Waals surface area contributed by atoms with Gasteiger partial charge in [0.15, 0.2) is 11.9 Å². The molecule has 1 fully saturated rings. The van der Waals surface area contributed by atoms with Crippen molar-refractivity contribution in [1.82, 2.24) is 20.1 Å². The minimum absolute atomic E-state index is 0.313. The number of aryl methyl sites for hydroxylation is 1. The zero-order valence-electron chi connectivity index (χ0n) is 10.7. The Kier molecular flexibility index (Phi) is 3.79. The Labute approximate surface area is 109 Å². The summed E-state index contributed by atoms with van der Waals surface area (Å²) in [5.74, 6) is -0.725. The number of nitrogens with zero attached hydrogens (tertiary/aromatic N) is 3. The third-order valence-corrected chi connectivity index (χ3v) is 3.08. The Hall–Kier alpha value is -1.96. The summed E-state index contributed by atoms with van der Waals surface area (Å²) in [6, 6.07) is -0.313. The number of aliphatic carboxylic acids is 1. The maximum atomic E-state index is 11.9. The Balaban J connectivity index is 1.92. The largest absolute Gasteiger partial charge is 0.479 e. The molecule has 0 bridgehead atoms. The van der Waals surface area contributed by atoms with Gasteiger partial charge in [-0.25, -0.2) is 4.79 Å². The molecule has 8 heteroatoms. The molecule has 1 unspecified atom stereocenters. The molecule has 3 atom stereocenters. The second kappa shape index (κ2) is 5.35. The molecular formula is C11H16N4O4. The molecule has 0 saturated carbocycles. The van der Waals surface area contributed by atoms with Crippen LogP contribution in [0.15, 0.2) is 6.33 Å². The number of hydrogen-bond donors (Lipinski definition) is 2. The summed E-state index contributed by atoms with van der Waals surface area (Å²) in [6.45, 7) is 1.78. The van der Waals surface area contributed by atoms with E-state index in [9.17, 15) is 9.59 Å². The topological polar surface area (TPSA) is 106 Å². The number of ether oxygens (including phenoxy) is 1. The van der Waals surface area contributed by atoms with Gasteiger partial charge in [-0.05, 0) is 19.8 Å². The van der Waals surface area contributed by atoms with Crippen molar-refractivity contribution in [1.29, 1.82) is 0 Å². The number of amides is 1. The number of carbonyl (C=O) groups is 2. The van der Waals surface area contributed by atoms with Gasteiger partial charge < -0.3 is 19.7 Å². The smallest absolute Gasteiger partial charge is 0.332 e. The minimum atomic E-state index is -1.03. The van der Waals surface area contributed by atoms with Crippen molar-refractivity contribution in [3.8, 4) is 0 Å². The average molecular weight is 268 g/mol. The molecule has 1 aliphatic rings. The highest BCUT2D eigenvalue weighted by Crippen LogP contribution is 2.20. The van der Waals surface area contributed by atoms with Crippen molar-refractivity contribution in [3.05, 3.63) is 12.2 Å². The first kappa shape index (κ1) is 13.5. The zero-order valence-corrected chi connectivity index (χ0v) is 10.7. The first-order valence-electron chi connectivity index (χ1n) is 6.01. The van der Waals surface area contributed by atoms with Crippen molar-refractivity contribution in [2.75, 3.05) is 0 Å². The summed E-state index contributed by atoms with van der Waals surface area (Å²) in [5, 5.41) is 19.2. The molecule has 1 aromatic rings. The molecule has 2 rings (SSSR count). The molecule has 1 aliphatic heterocycles. The van der Waals surface area contributed by atoms with Gasteiger partial charge in [-0.3, -0.25) is 4.79 Å². The fourth-order valence-electron chi connectivity index (χ4n) is 2.07. The normalized spacial score (nSPS) is 24.1. The SMILES string of the molecule is CC(NC(=O)[C@@H]1CC[C@H](C(=O)O)O1)c1nncn1C. The van der Waals surface area contributed by atoms with Crippen molar-refractivity contribution in [3.63, 3.8) is 0 Å². The number of aromatic nitrogens is 3.